The third kappa shape index (κ3) is 2.19. The number of carbonyl (C=O) groups is 1. The minimum atomic E-state index is -0.0529. The third-order valence-corrected chi connectivity index (χ3v) is 4.49. The number of fused-ring (bicyclic) bond motifs is 2. The van der Waals surface area contributed by atoms with Crippen molar-refractivity contribution in [1.82, 2.24) is 9.88 Å². The van der Waals surface area contributed by atoms with E-state index in [1.54, 1.807) is 4.57 Å². The van der Waals surface area contributed by atoms with Crippen LogP contribution in [0.5, 0.6) is 0 Å². The fourth-order valence-electron chi connectivity index (χ4n) is 3.38. The molecular formula is C19H18N2O. The Hall–Kier alpha value is -2.55. The number of carbonyl (C=O) groups excluding carboxylic acids is 1. The van der Waals surface area contributed by atoms with E-state index < -0.39 is 0 Å². The topological polar surface area (TPSA) is 34.0 Å². The van der Waals surface area contributed by atoms with Crippen molar-refractivity contribution in [3.63, 3.8) is 0 Å². The van der Waals surface area contributed by atoms with E-state index in [4.69, 9.17) is 0 Å². The Bertz CT molecular complexity index is 834. The Morgan fingerprint density at radius 2 is 1.86 bits per heavy atom. The maximum absolute atomic E-state index is 12.6. The Balaban J connectivity index is 1.63. The Morgan fingerprint density at radius 1 is 1.05 bits per heavy atom. The van der Waals surface area contributed by atoms with E-state index in [9.17, 15) is 4.79 Å². The van der Waals surface area contributed by atoms with Gasteiger partial charge < -0.3 is 5.32 Å². The zero-order valence-electron chi connectivity index (χ0n) is 12.3. The van der Waals surface area contributed by atoms with Gasteiger partial charge in [-0.1, -0.05) is 42.5 Å². The SMILES string of the molecule is O=C(NC1CCCc2ccccc21)n1ccc2ccccc21. The van der Waals surface area contributed by atoms with Crippen molar-refractivity contribution < 1.29 is 4.79 Å². The molecule has 0 saturated carbocycles. The first-order valence-corrected chi connectivity index (χ1v) is 7.78. The van der Waals surface area contributed by atoms with Gasteiger partial charge >= 0.3 is 6.03 Å². The summed E-state index contributed by atoms with van der Waals surface area (Å²) in [4.78, 5) is 12.6. The molecule has 2 aromatic carbocycles. The predicted octanol–water partition coefficient (Wildman–Crippen LogP) is 4.28. The van der Waals surface area contributed by atoms with Crippen LogP contribution in [0.25, 0.3) is 10.9 Å². The number of nitrogens with one attached hydrogen (secondary N) is 1. The van der Waals surface area contributed by atoms with Crippen LogP contribution in [0.2, 0.25) is 0 Å². The molecule has 0 fully saturated rings. The van der Waals surface area contributed by atoms with Gasteiger partial charge in [0.2, 0.25) is 0 Å². The lowest BCUT2D eigenvalue weighted by atomic mass is 9.88. The molecule has 3 aromatic rings. The van der Waals surface area contributed by atoms with Crippen LogP contribution in [-0.4, -0.2) is 10.6 Å². The van der Waals surface area contributed by atoms with E-state index in [-0.39, 0.29) is 12.1 Å². The molecular weight excluding hydrogens is 272 g/mol. The molecule has 3 nitrogen and oxygen atoms in total. The van der Waals surface area contributed by atoms with Crippen LogP contribution >= 0.6 is 0 Å². The van der Waals surface area contributed by atoms with E-state index in [0.717, 1.165) is 30.2 Å². The van der Waals surface area contributed by atoms with Crippen LogP contribution < -0.4 is 5.32 Å². The second-order valence-electron chi connectivity index (χ2n) is 5.84. The molecule has 0 radical (unpaired) electrons. The van der Waals surface area contributed by atoms with Gasteiger partial charge in [-0.2, -0.15) is 0 Å². The van der Waals surface area contributed by atoms with E-state index >= 15 is 0 Å². The van der Waals surface area contributed by atoms with Gasteiger partial charge in [0.15, 0.2) is 0 Å². The van der Waals surface area contributed by atoms with Gasteiger partial charge in [0.25, 0.3) is 0 Å². The van der Waals surface area contributed by atoms with Crippen molar-refractivity contribution in [2.24, 2.45) is 0 Å². The summed E-state index contributed by atoms with van der Waals surface area (Å²) in [7, 11) is 0. The van der Waals surface area contributed by atoms with Crippen molar-refractivity contribution in [2.45, 2.75) is 25.3 Å². The largest absolute Gasteiger partial charge is 0.331 e. The standard InChI is InChI=1S/C19H18N2O/c22-19(21-13-12-15-7-2-4-11-18(15)21)20-17-10-5-8-14-6-1-3-9-16(14)17/h1-4,6-7,9,11-13,17H,5,8,10H2,(H,20,22). The second-order valence-corrected chi connectivity index (χ2v) is 5.84. The first-order chi connectivity index (χ1) is 10.8. The van der Waals surface area contributed by atoms with Gasteiger partial charge in [-0.05, 0) is 42.5 Å². The maximum atomic E-state index is 12.6. The van der Waals surface area contributed by atoms with Crippen LogP contribution in [0.3, 0.4) is 0 Å². The predicted molar refractivity (Wildman–Crippen MR) is 88.0 cm³/mol. The highest BCUT2D eigenvalue weighted by atomic mass is 16.2. The molecule has 0 spiro atoms. The minimum Gasteiger partial charge on any atom is -0.331 e. The molecule has 0 saturated heterocycles. The first-order valence-electron chi connectivity index (χ1n) is 7.78. The number of nitrogens with zero attached hydrogens (tertiary/aromatic N) is 1. The zero-order valence-corrected chi connectivity index (χ0v) is 12.3. The van der Waals surface area contributed by atoms with E-state index in [1.807, 2.05) is 42.6 Å². The summed E-state index contributed by atoms with van der Waals surface area (Å²) in [6, 6.07) is 18.4. The number of para-hydroxylation sites is 1. The Morgan fingerprint density at radius 3 is 2.82 bits per heavy atom. The second kappa shape index (κ2) is 5.34. The summed E-state index contributed by atoms with van der Waals surface area (Å²) in [5, 5.41) is 4.28. The van der Waals surface area contributed by atoms with E-state index in [1.165, 1.54) is 11.1 Å². The van der Waals surface area contributed by atoms with Gasteiger partial charge in [0, 0.05) is 11.6 Å². The van der Waals surface area contributed by atoms with Gasteiger partial charge in [-0.25, -0.2) is 4.79 Å². The molecule has 1 aromatic heterocycles. The summed E-state index contributed by atoms with van der Waals surface area (Å²) >= 11 is 0. The lowest BCUT2D eigenvalue weighted by Crippen LogP contribution is -2.33. The molecule has 0 bridgehead atoms. The van der Waals surface area contributed by atoms with Gasteiger partial charge in [-0.15, -0.1) is 0 Å². The highest BCUT2D eigenvalue weighted by Crippen LogP contribution is 2.29. The monoisotopic (exact) mass is 290 g/mol. The zero-order chi connectivity index (χ0) is 14.9. The minimum absolute atomic E-state index is 0.0529. The molecule has 1 amide bonds. The fraction of sp³-hybridized carbons (Fsp3) is 0.211. The van der Waals surface area contributed by atoms with Gasteiger partial charge in [0.1, 0.15) is 0 Å². The molecule has 0 aliphatic heterocycles. The van der Waals surface area contributed by atoms with Gasteiger partial charge in [0.05, 0.1) is 11.6 Å². The number of amides is 1. The number of hydrogen-bond acceptors (Lipinski definition) is 1. The Labute approximate surface area is 129 Å². The summed E-state index contributed by atoms with van der Waals surface area (Å²) in [6.07, 6.45) is 5.07. The fourth-order valence-corrected chi connectivity index (χ4v) is 3.38. The molecule has 22 heavy (non-hydrogen) atoms. The van der Waals surface area contributed by atoms with E-state index in [2.05, 4.69) is 23.5 Å². The molecule has 1 N–H and O–H groups in total. The summed E-state index contributed by atoms with van der Waals surface area (Å²) in [6.45, 7) is 0. The highest BCUT2D eigenvalue weighted by Gasteiger charge is 2.22. The van der Waals surface area contributed by atoms with Crippen LogP contribution in [-0.2, 0) is 6.42 Å². The average Bonchev–Trinajstić information content (AvgIpc) is 2.99. The highest BCUT2D eigenvalue weighted by molar-refractivity contribution is 5.91. The van der Waals surface area contributed by atoms with Crippen molar-refractivity contribution in [1.29, 1.82) is 0 Å². The van der Waals surface area contributed by atoms with Crippen LogP contribution in [0.15, 0.2) is 60.8 Å². The van der Waals surface area contributed by atoms with Crippen molar-refractivity contribution >= 4 is 16.9 Å². The van der Waals surface area contributed by atoms with Gasteiger partial charge in [-0.3, -0.25) is 4.57 Å². The maximum Gasteiger partial charge on any atom is 0.326 e. The molecule has 4 rings (SSSR count). The smallest absolute Gasteiger partial charge is 0.326 e. The molecule has 110 valence electrons. The van der Waals surface area contributed by atoms with Crippen LogP contribution in [0.4, 0.5) is 4.79 Å². The lowest BCUT2D eigenvalue weighted by Gasteiger charge is -2.26. The lowest BCUT2D eigenvalue weighted by molar-refractivity contribution is 0.238. The first kappa shape index (κ1) is 13.1. The number of rotatable bonds is 1. The molecule has 1 aliphatic carbocycles. The molecule has 1 aliphatic rings. The van der Waals surface area contributed by atoms with E-state index in [0.29, 0.717) is 0 Å². The van der Waals surface area contributed by atoms with Crippen LogP contribution in [0, 0.1) is 0 Å². The number of hydrogen-bond donors (Lipinski definition) is 1. The number of aromatic nitrogens is 1. The molecule has 1 unspecified atom stereocenters. The summed E-state index contributed by atoms with van der Waals surface area (Å²) < 4.78 is 1.70. The van der Waals surface area contributed by atoms with Crippen LogP contribution in [0.1, 0.15) is 30.0 Å². The quantitative estimate of drug-likeness (QED) is 0.713. The number of aryl methyl sites for hydroxylation is 1. The summed E-state index contributed by atoms with van der Waals surface area (Å²) in [5.74, 6) is 0. The molecule has 1 atom stereocenters. The van der Waals surface area contributed by atoms with Crippen molar-refractivity contribution in [3.8, 4) is 0 Å². The summed E-state index contributed by atoms with van der Waals surface area (Å²) in [5.41, 5.74) is 3.57. The normalized spacial score (nSPS) is 17.2. The van der Waals surface area contributed by atoms with Crippen molar-refractivity contribution in [3.05, 3.63) is 71.9 Å². The average molecular weight is 290 g/mol. The third-order valence-electron chi connectivity index (χ3n) is 4.49. The number of benzene rings is 2. The van der Waals surface area contributed by atoms with Crippen molar-refractivity contribution in [2.75, 3.05) is 0 Å². The Kier molecular flexibility index (Phi) is 3.19. The molecule has 1 heterocycles. The molecule has 3 heteroatoms.